The number of thioether (sulfide) groups is 1. The SMILES string of the molecule is Cc1ccc(O)c(C(=O)N2CCSC(C)(C)C2)c1. The summed E-state index contributed by atoms with van der Waals surface area (Å²) < 4.78 is 0.0906. The molecule has 0 bridgehead atoms. The second kappa shape index (κ2) is 4.84. The smallest absolute Gasteiger partial charge is 0.257 e. The Hall–Kier alpha value is -1.16. The van der Waals surface area contributed by atoms with E-state index in [1.807, 2.05) is 29.7 Å². The number of hydrogen-bond acceptors (Lipinski definition) is 3. The molecule has 0 unspecified atom stereocenters. The van der Waals surface area contributed by atoms with E-state index >= 15 is 0 Å². The van der Waals surface area contributed by atoms with Crippen LogP contribution in [0.4, 0.5) is 0 Å². The largest absolute Gasteiger partial charge is 0.507 e. The molecule has 1 fully saturated rings. The Morgan fingerprint density at radius 3 is 2.83 bits per heavy atom. The third-order valence-corrected chi connectivity index (χ3v) is 4.39. The lowest BCUT2D eigenvalue weighted by Crippen LogP contribution is -2.46. The first-order chi connectivity index (χ1) is 8.39. The van der Waals surface area contributed by atoms with Gasteiger partial charge in [0.1, 0.15) is 5.75 Å². The van der Waals surface area contributed by atoms with E-state index < -0.39 is 0 Å². The second-order valence-electron chi connectivity index (χ2n) is 5.36. The number of nitrogens with zero attached hydrogens (tertiary/aromatic N) is 1. The molecule has 2 rings (SSSR count). The number of rotatable bonds is 1. The first kappa shape index (κ1) is 13.3. The predicted molar refractivity (Wildman–Crippen MR) is 75.3 cm³/mol. The second-order valence-corrected chi connectivity index (χ2v) is 7.16. The van der Waals surface area contributed by atoms with Gasteiger partial charge in [-0.1, -0.05) is 11.6 Å². The molecule has 1 aromatic rings. The van der Waals surface area contributed by atoms with Crippen LogP contribution in [0.3, 0.4) is 0 Å². The lowest BCUT2D eigenvalue weighted by atomic mass is 10.1. The summed E-state index contributed by atoms with van der Waals surface area (Å²) in [5.74, 6) is 0.955. The van der Waals surface area contributed by atoms with Gasteiger partial charge in [0.05, 0.1) is 5.56 Å². The van der Waals surface area contributed by atoms with Gasteiger partial charge in [-0.3, -0.25) is 4.79 Å². The highest BCUT2D eigenvalue weighted by atomic mass is 32.2. The maximum Gasteiger partial charge on any atom is 0.257 e. The van der Waals surface area contributed by atoms with Crippen molar-refractivity contribution in [3.63, 3.8) is 0 Å². The summed E-state index contributed by atoms with van der Waals surface area (Å²) in [5, 5.41) is 9.81. The minimum absolute atomic E-state index is 0.0652. The van der Waals surface area contributed by atoms with Gasteiger partial charge in [-0.15, -0.1) is 0 Å². The van der Waals surface area contributed by atoms with Crippen molar-refractivity contribution in [2.45, 2.75) is 25.5 Å². The molecule has 0 spiro atoms. The first-order valence-corrected chi connectivity index (χ1v) is 7.10. The zero-order chi connectivity index (χ0) is 13.3. The zero-order valence-electron chi connectivity index (χ0n) is 11.1. The Bertz CT molecular complexity index is 471. The van der Waals surface area contributed by atoms with Crippen LogP contribution in [0.25, 0.3) is 0 Å². The van der Waals surface area contributed by atoms with E-state index in [1.54, 1.807) is 12.1 Å². The van der Waals surface area contributed by atoms with Gasteiger partial charge < -0.3 is 10.0 Å². The molecule has 0 radical (unpaired) electrons. The van der Waals surface area contributed by atoms with Crippen LogP contribution in [0.5, 0.6) is 5.75 Å². The predicted octanol–water partition coefficient (Wildman–Crippen LogP) is 2.67. The number of aryl methyl sites for hydroxylation is 1. The molecule has 18 heavy (non-hydrogen) atoms. The fourth-order valence-corrected chi connectivity index (χ4v) is 3.29. The number of hydrogen-bond donors (Lipinski definition) is 1. The van der Waals surface area contributed by atoms with Crippen LogP contribution in [0.2, 0.25) is 0 Å². The van der Waals surface area contributed by atoms with E-state index in [0.717, 1.165) is 24.4 Å². The van der Waals surface area contributed by atoms with Gasteiger partial charge in [-0.2, -0.15) is 11.8 Å². The van der Waals surface area contributed by atoms with Crippen LogP contribution in [-0.2, 0) is 0 Å². The van der Waals surface area contributed by atoms with E-state index in [-0.39, 0.29) is 16.4 Å². The molecule has 0 aliphatic carbocycles. The molecule has 0 aromatic heterocycles. The van der Waals surface area contributed by atoms with Crippen molar-refractivity contribution in [1.29, 1.82) is 0 Å². The van der Waals surface area contributed by atoms with Crippen molar-refractivity contribution >= 4 is 17.7 Å². The Morgan fingerprint density at radius 2 is 2.17 bits per heavy atom. The minimum atomic E-state index is -0.0652. The van der Waals surface area contributed by atoms with Crippen molar-refractivity contribution in [1.82, 2.24) is 4.90 Å². The Kier molecular flexibility index (Phi) is 3.57. The van der Waals surface area contributed by atoms with Gasteiger partial charge in [-0.25, -0.2) is 0 Å². The highest BCUT2D eigenvalue weighted by Gasteiger charge is 2.31. The lowest BCUT2D eigenvalue weighted by molar-refractivity contribution is 0.0745. The van der Waals surface area contributed by atoms with Crippen LogP contribution in [-0.4, -0.2) is 39.5 Å². The summed E-state index contributed by atoms with van der Waals surface area (Å²) in [7, 11) is 0. The van der Waals surface area contributed by atoms with E-state index in [0.29, 0.717) is 5.56 Å². The molecule has 1 aliphatic rings. The van der Waals surface area contributed by atoms with E-state index in [9.17, 15) is 9.90 Å². The Morgan fingerprint density at radius 1 is 1.44 bits per heavy atom. The number of carbonyl (C=O) groups is 1. The van der Waals surface area contributed by atoms with Gasteiger partial charge in [0, 0.05) is 23.6 Å². The summed E-state index contributed by atoms with van der Waals surface area (Å²) in [6.45, 7) is 7.69. The fraction of sp³-hybridized carbons (Fsp3) is 0.500. The van der Waals surface area contributed by atoms with Gasteiger partial charge in [0.25, 0.3) is 5.91 Å². The van der Waals surface area contributed by atoms with Crippen LogP contribution in [0, 0.1) is 6.92 Å². The molecule has 0 atom stereocenters. The third-order valence-electron chi connectivity index (χ3n) is 3.10. The number of aromatic hydroxyl groups is 1. The van der Waals surface area contributed by atoms with Gasteiger partial charge >= 0.3 is 0 Å². The zero-order valence-corrected chi connectivity index (χ0v) is 11.9. The fourth-order valence-electron chi connectivity index (χ4n) is 2.18. The van der Waals surface area contributed by atoms with Crippen LogP contribution < -0.4 is 0 Å². The summed E-state index contributed by atoms with van der Waals surface area (Å²) >= 11 is 1.89. The highest BCUT2D eigenvalue weighted by Crippen LogP contribution is 2.31. The molecular formula is C14H19NO2S. The van der Waals surface area contributed by atoms with Crippen molar-refractivity contribution in [2.75, 3.05) is 18.8 Å². The van der Waals surface area contributed by atoms with Crippen molar-refractivity contribution in [3.8, 4) is 5.75 Å². The van der Waals surface area contributed by atoms with Crippen molar-refractivity contribution in [3.05, 3.63) is 29.3 Å². The van der Waals surface area contributed by atoms with Gasteiger partial charge in [-0.05, 0) is 32.9 Å². The quantitative estimate of drug-likeness (QED) is 0.848. The normalized spacial score (nSPS) is 18.7. The maximum absolute atomic E-state index is 12.4. The van der Waals surface area contributed by atoms with Crippen LogP contribution in [0.15, 0.2) is 18.2 Å². The van der Waals surface area contributed by atoms with Crippen LogP contribution in [0.1, 0.15) is 29.8 Å². The number of phenols is 1. The molecule has 1 heterocycles. The average molecular weight is 265 g/mol. The Labute approximate surface area is 112 Å². The topological polar surface area (TPSA) is 40.5 Å². The molecule has 0 saturated carbocycles. The summed E-state index contributed by atoms with van der Waals surface area (Å²) in [5.41, 5.74) is 1.40. The molecule has 4 heteroatoms. The van der Waals surface area contributed by atoms with E-state index in [1.165, 1.54) is 0 Å². The van der Waals surface area contributed by atoms with Crippen molar-refractivity contribution in [2.24, 2.45) is 0 Å². The average Bonchev–Trinajstić information content (AvgIpc) is 2.30. The third kappa shape index (κ3) is 2.80. The molecular weight excluding hydrogens is 246 g/mol. The first-order valence-electron chi connectivity index (χ1n) is 6.12. The monoisotopic (exact) mass is 265 g/mol. The number of benzene rings is 1. The molecule has 1 aromatic carbocycles. The van der Waals surface area contributed by atoms with Crippen LogP contribution >= 0.6 is 11.8 Å². The molecule has 1 aliphatic heterocycles. The summed E-state index contributed by atoms with van der Waals surface area (Å²) in [6.07, 6.45) is 0. The summed E-state index contributed by atoms with van der Waals surface area (Å²) in [4.78, 5) is 14.3. The Balaban J connectivity index is 2.23. The minimum Gasteiger partial charge on any atom is -0.507 e. The van der Waals surface area contributed by atoms with Gasteiger partial charge in [0.2, 0.25) is 0 Å². The summed E-state index contributed by atoms with van der Waals surface area (Å²) in [6, 6.07) is 5.15. The molecule has 1 amide bonds. The highest BCUT2D eigenvalue weighted by molar-refractivity contribution is 8.00. The number of phenolic OH excluding ortho intramolecular Hbond substituents is 1. The molecule has 3 nitrogen and oxygen atoms in total. The molecule has 1 saturated heterocycles. The van der Waals surface area contributed by atoms with Gasteiger partial charge in [0.15, 0.2) is 0 Å². The van der Waals surface area contributed by atoms with E-state index in [2.05, 4.69) is 13.8 Å². The lowest BCUT2D eigenvalue weighted by Gasteiger charge is -2.37. The van der Waals surface area contributed by atoms with Crippen molar-refractivity contribution < 1.29 is 9.90 Å². The molecule has 98 valence electrons. The number of carbonyl (C=O) groups excluding carboxylic acids is 1. The molecule has 1 N–H and O–H groups in total. The number of amides is 1. The maximum atomic E-state index is 12.4. The van der Waals surface area contributed by atoms with E-state index in [4.69, 9.17) is 0 Å². The standard InChI is InChI=1S/C14H19NO2S/c1-10-4-5-12(16)11(8-10)13(17)15-6-7-18-14(2,3)9-15/h4-5,8,16H,6-7,9H2,1-3H3.